The Morgan fingerprint density at radius 3 is 2.17 bits per heavy atom. The van der Waals surface area contributed by atoms with E-state index in [0.29, 0.717) is 19.3 Å². The summed E-state index contributed by atoms with van der Waals surface area (Å²) in [6.45, 7) is 1.98. The highest BCUT2D eigenvalue weighted by Gasteiger charge is 2.61. The van der Waals surface area contributed by atoms with Gasteiger partial charge < -0.3 is 20.5 Å². The molecule has 7 nitrogen and oxygen atoms in total. The predicted molar refractivity (Wildman–Crippen MR) is 131 cm³/mol. The minimum Gasteiger partial charge on any atom is -0.481 e. The van der Waals surface area contributed by atoms with Gasteiger partial charge in [-0.05, 0) is 66.7 Å². The fourth-order valence-corrected chi connectivity index (χ4v) is 6.17. The normalized spacial score (nSPS) is 19.5. The molecule has 1 atom stereocenters. The van der Waals surface area contributed by atoms with Gasteiger partial charge in [-0.25, -0.2) is 4.79 Å². The van der Waals surface area contributed by atoms with E-state index in [-0.39, 0.29) is 36.3 Å². The minimum atomic E-state index is -1.000. The van der Waals surface area contributed by atoms with Crippen LogP contribution in [0.4, 0.5) is 4.79 Å². The maximum Gasteiger partial charge on any atom is 0.408 e. The fraction of sp³-hybridized carbons (Fsp3) is 0.464. The van der Waals surface area contributed by atoms with E-state index < -0.39 is 17.6 Å². The van der Waals surface area contributed by atoms with Crippen molar-refractivity contribution >= 4 is 18.0 Å². The Labute approximate surface area is 205 Å². The van der Waals surface area contributed by atoms with Gasteiger partial charge in [-0.1, -0.05) is 55.0 Å². The highest BCUT2D eigenvalue weighted by atomic mass is 16.5. The van der Waals surface area contributed by atoms with E-state index in [1.807, 2.05) is 24.3 Å². The third-order valence-electron chi connectivity index (χ3n) is 8.06. The molecule has 1 spiro atoms. The Bertz CT molecular complexity index is 1100. The van der Waals surface area contributed by atoms with E-state index in [1.54, 1.807) is 6.92 Å². The number of carboxylic acid groups (broad SMARTS) is 1. The molecule has 0 saturated heterocycles. The van der Waals surface area contributed by atoms with Gasteiger partial charge in [-0.3, -0.25) is 9.59 Å². The Hall–Kier alpha value is -3.35. The molecule has 3 N–H and O–H groups in total. The number of hydrogen-bond acceptors (Lipinski definition) is 4. The van der Waals surface area contributed by atoms with E-state index in [9.17, 15) is 14.4 Å². The minimum absolute atomic E-state index is 0.0157. The second-order valence-electron chi connectivity index (χ2n) is 10.5. The largest absolute Gasteiger partial charge is 0.481 e. The van der Waals surface area contributed by atoms with Crippen molar-refractivity contribution in [2.75, 3.05) is 6.61 Å². The number of fused-ring (bicyclic) bond motifs is 3. The highest BCUT2D eigenvalue weighted by molar-refractivity contribution is 5.91. The van der Waals surface area contributed by atoms with Crippen LogP contribution in [0, 0.1) is 5.41 Å². The molecule has 7 heteroatoms. The van der Waals surface area contributed by atoms with Crippen molar-refractivity contribution in [1.82, 2.24) is 10.6 Å². The number of rotatable bonds is 8. The van der Waals surface area contributed by atoms with Crippen LogP contribution in [0.5, 0.6) is 0 Å². The summed E-state index contributed by atoms with van der Waals surface area (Å²) in [6.07, 6.45) is 4.23. The molecule has 35 heavy (non-hydrogen) atoms. The van der Waals surface area contributed by atoms with Crippen LogP contribution in [-0.2, 0) is 14.3 Å². The molecule has 0 aliphatic heterocycles. The second kappa shape index (κ2) is 9.02. The molecule has 3 aliphatic rings. The number of benzene rings is 2. The quantitative estimate of drug-likeness (QED) is 0.517. The SMILES string of the molecule is CC(CCC(=O)O)NC(=O)C1(NC(=O)OCC2c3ccccc3-c3ccccc32)CC2(CCC2)C1. The second-order valence-corrected chi connectivity index (χ2v) is 10.5. The van der Waals surface area contributed by atoms with Gasteiger partial charge in [0.25, 0.3) is 0 Å². The molecule has 0 radical (unpaired) electrons. The zero-order valence-electron chi connectivity index (χ0n) is 20.0. The van der Waals surface area contributed by atoms with E-state index in [2.05, 4.69) is 34.9 Å². The van der Waals surface area contributed by atoms with Gasteiger partial charge in [0.2, 0.25) is 5.91 Å². The number of carboxylic acids is 1. The van der Waals surface area contributed by atoms with Crippen LogP contribution in [-0.4, -0.2) is 41.3 Å². The Morgan fingerprint density at radius 2 is 1.63 bits per heavy atom. The molecule has 3 aliphatic carbocycles. The van der Waals surface area contributed by atoms with Crippen molar-refractivity contribution in [1.29, 1.82) is 0 Å². The van der Waals surface area contributed by atoms with Crippen molar-refractivity contribution in [2.45, 2.75) is 69.4 Å². The molecule has 2 amide bonds. The first-order valence-electron chi connectivity index (χ1n) is 12.5. The van der Waals surface area contributed by atoms with E-state index in [1.165, 1.54) is 0 Å². The van der Waals surface area contributed by atoms with Gasteiger partial charge in [0.1, 0.15) is 12.1 Å². The summed E-state index contributed by atoms with van der Waals surface area (Å²) in [7, 11) is 0. The summed E-state index contributed by atoms with van der Waals surface area (Å²) in [5, 5.41) is 14.8. The summed E-state index contributed by atoms with van der Waals surface area (Å²) in [4.78, 5) is 37.1. The van der Waals surface area contributed by atoms with Gasteiger partial charge in [0.15, 0.2) is 0 Å². The van der Waals surface area contributed by atoms with E-state index >= 15 is 0 Å². The van der Waals surface area contributed by atoms with Gasteiger partial charge in [-0.15, -0.1) is 0 Å². The number of hydrogen-bond donors (Lipinski definition) is 3. The van der Waals surface area contributed by atoms with Crippen molar-refractivity contribution in [3.05, 3.63) is 59.7 Å². The van der Waals surface area contributed by atoms with Gasteiger partial charge in [-0.2, -0.15) is 0 Å². The van der Waals surface area contributed by atoms with Crippen molar-refractivity contribution in [2.24, 2.45) is 5.41 Å². The molecule has 2 aromatic carbocycles. The van der Waals surface area contributed by atoms with Crippen LogP contribution in [0.1, 0.15) is 68.9 Å². The Morgan fingerprint density at radius 1 is 1.03 bits per heavy atom. The topological polar surface area (TPSA) is 105 Å². The lowest BCUT2D eigenvalue weighted by atomic mass is 9.48. The first kappa shape index (κ1) is 23.4. The van der Waals surface area contributed by atoms with Gasteiger partial charge >= 0.3 is 12.1 Å². The zero-order valence-corrected chi connectivity index (χ0v) is 20.0. The van der Waals surface area contributed by atoms with Gasteiger partial charge in [0, 0.05) is 18.4 Å². The lowest BCUT2D eigenvalue weighted by molar-refractivity contribution is -0.145. The summed E-state index contributed by atoms with van der Waals surface area (Å²) in [5.74, 6) is -1.19. The summed E-state index contributed by atoms with van der Waals surface area (Å²) in [6, 6.07) is 16.0. The average molecular weight is 477 g/mol. The van der Waals surface area contributed by atoms with Crippen LogP contribution in [0.15, 0.2) is 48.5 Å². The molecule has 2 fully saturated rings. The first-order valence-corrected chi connectivity index (χ1v) is 12.5. The molecular formula is C28H32N2O5. The number of carbonyl (C=O) groups excluding carboxylic acids is 2. The lowest BCUT2D eigenvalue weighted by Crippen LogP contribution is -2.71. The summed E-state index contributed by atoms with van der Waals surface area (Å²) >= 11 is 0. The van der Waals surface area contributed by atoms with E-state index in [4.69, 9.17) is 9.84 Å². The standard InChI is InChI=1S/C28H32N2O5/c1-18(11-12-24(31)32)29-25(33)28(16-27(17-28)13-6-14-27)30-26(34)35-15-23-21-9-4-2-7-19(21)20-8-3-5-10-22(20)23/h2-5,7-10,18,23H,6,11-17H2,1H3,(H,29,33)(H,30,34)(H,31,32). The lowest BCUT2D eigenvalue weighted by Gasteiger charge is -2.59. The third-order valence-corrected chi connectivity index (χ3v) is 8.06. The van der Waals surface area contributed by atoms with E-state index in [0.717, 1.165) is 41.5 Å². The first-order chi connectivity index (χ1) is 16.8. The maximum atomic E-state index is 13.2. The monoisotopic (exact) mass is 476 g/mol. The number of nitrogens with one attached hydrogen (secondary N) is 2. The Kier molecular flexibility index (Phi) is 6.03. The molecule has 2 saturated carbocycles. The van der Waals surface area contributed by atoms with Crippen LogP contribution in [0.2, 0.25) is 0 Å². The van der Waals surface area contributed by atoms with Gasteiger partial charge in [0.05, 0.1) is 0 Å². The smallest absolute Gasteiger partial charge is 0.408 e. The number of carbonyl (C=O) groups is 3. The third kappa shape index (κ3) is 4.40. The van der Waals surface area contributed by atoms with Crippen LogP contribution in [0.3, 0.4) is 0 Å². The maximum absolute atomic E-state index is 13.2. The van der Waals surface area contributed by atoms with Crippen LogP contribution < -0.4 is 10.6 Å². The fourth-order valence-electron chi connectivity index (χ4n) is 6.17. The summed E-state index contributed by atoms with van der Waals surface area (Å²) in [5.41, 5.74) is 3.73. The number of ether oxygens (including phenoxy) is 1. The average Bonchev–Trinajstić information content (AvgIpc) is 3.11. The number of amides is 2. The molecule has 0 bridgehead atoms. The molecule has 0 aromatic heterocycles. The predicted octanol–water partition coefficient (Wildman–Crippen LogP) is 4.60. The highest BCUT2D eigenvalue weighted by Crippen LogP contribution is 2.60. The molecule has 184 valence electrons. The number of alkyl carbamates (subject to hydrolysis) is 1. The van der Waals surface area contributed by atoms with Crippen molar-refractivity contribution < 1.29 is 24.2 Å². The molecule has 1 unspecified atom stereocenters. The number of aliphatic carboxylic acids is 1. The molecule has 0 heterocycles. The van der Waals surface area contributed by atoms with Crippen molar-refractivity contribution in [3.8, 4) is 11.1 Å². The molecular weight excluding hydrogens is 444 g/mol. The van der Waals surface area contributed by atoms with Crippen molar-refractivity contribution in [3.63, 3.8) is 0 Å². The summed E-state index contributed by atoms with van der Waals surface area (Å²) < 4.78 is 5.72. The van der Waals surface area contributed by atoms with Crippen LogP contribution in [0.25, 0.3) is 11.1 Å². The Balaban J connectivity index is 1.25. The molecule has 2 aromatic rings. The van der Waals surface area contributed by atoms with Crippen LogP contribution >= 0.6 is 0 Å². The zero-order chi connectivity index (χ0) is 24.6. The molecule has 5 rings (SSSR count).